The van der Waals surface area contributed by atoms with Crippen LogP contribution in [0.15, 0.2) is 413 Å². The van der Waals surface area contributed by atoms with Crippen LogP contribution in [0.1, 0.15) is 0 Å². The lowest BCUT2D eigenvalue weighted by molar-refractivity contribution is 1.17. The molecule has 0 aliphatic heterocycles. The molecule has 522 valence electrons. The van der Waals surface area contributed by atoms with Gasteiger partial charge < -0.3 is 9.13 Å². The van der Waals surface area contributed by atoms with E-state index in [2.05, 4.69) is 422 Å². The van der Waals surface area contributed by atoms with Gasteiger partial charge in [-0.1, -0.05) is 297 Å². The Kier molecular flexibility index (Phi) is 16.1. The molecule has 0 aliphatic rings. The van der Waals surface area contributed by atoms with E-state index in [0.29, 0.717) is 11.6 Å². The van der Waals surface area contributed by atoms with Crippen LogP contribution < -0.4 is 0 Å². The monoisotopic (exact) mass is 1420 g/mol. The lowest BCUT2D eigenvalue weighted by Gasteiger charge is -2.13. The maximum absolute atomic E-state index is 5.35. The molecule has 4 aromatic heterocycles. The molecule has 6 nitrogen and oxygen atoms in total. The van der Waals surface area contributed by atoms with Crippen molar-refractivity contribution in [3.8, 4) is 112 Å². The van der Waals surface area contributed by atoms with Gasteiger partial charge in [0.25, 0.3) is 0 Å². The standard InChI is InChI=1S/C54H35N3.C52H33N3/c1-3-11-36(12-4-1)38-19-21-40(22-20-38)45-29-32-50-49(34-45)53(41-25-23-39(24-26-41)37-13-5-2-6-14-37)56-54(55-50)42-27-30-46(31-28-42)57-51-18-10-9-17-47(51)48-33-43-15-7-8-16-44(43)35-52(48)57;1-2-10-34(11-3-1)36-18-20-37(21-19-36)42-26-29-48-47(32-42)51(43-23-22-35-12-4-5-13-39(35)30-43)54-52(53-48)38-24-27-44(28-25-38)55-49-17-9-8-16-45(49)46-31-40-14-6-7-15-41(40)33-50(46)55/h1-35H;1-33H. The van der Waals surface area contributed by atoms with Gasteiger partial charge in [0, 0.05) is 65.9 Å². The van der Waals surface area contributed by atoms with Gasteiger partial charge in [-0.25, -0.2) is 19.9 Å². The van der Waals surface area contributed by atoms with E-state index in [9.17, 15) is 0 Å². The van der Waals surface area contributed by atoms with Crippen molar-refractivity contribution in [3.63, 3.8) is 0 Å². The highest BCUT2D eigenvalue weighted by molar-refractivity contribution is 6.15. The number of para-hydroxylation sites is 2. The number of rotatable bonds is 11. The van der Waals surface area contributed by atoms with Crippen molar-refractivity contribution in [2.75, 3.05) is 0 Å². The zero-order valence-corrected chi connectivity index (χ0v) is 60.9. The highest BCUT2D eigenvalue weighted by atomic mass is 15.0. The van der Waals surface area contributed by atoms with E-state index in [4.69, 9.17) is 19.9 Å². The summed E-state index contributed by atoms with van der Waals surface area (Å²) in [5.74, 6) is 1.40. The molecule has 0 amide bonds. The largest absolute Gasteiger partial charge is 0.309 e. The van der Waals surface area contributed by atoms with E-state index in [1.54, 1.807) is 0 Å². The molecule has 0 radical (unpaired) electrons. The van der Waals surface area contributed by atoms with E-state index < -0.39 is 0 Å². The number of benzene rings is 18. The fraction of sp³-hybridized carbons (Fsp3) is 0. The molecule has 0 saturated heterocycles. The fourth-order valence-electron chi connectivity index (χ4n) is 16.5. The number of hydrogen-bond acceptors (Lipinski definition) is 4. The Bertz CT molecular complexity index is 7360. The summed E-state index contributed by atoms with van der Waals surface area (Å²) in [6.45, 7) is 0. The highest BCUT2D eigenvalue weighted by Crippen LogP contribution is 2.42. The molecule has 0 N–H and O–H groups in total. The van der Waals surface area contributed by atoms with Gasteiger partial charge in [-0.2, -0.15) is 0 Å². The summed E-state index contributed by atoms with van der Waals surface area (Å²) >= 11 is 0. The summed E-state index contributed by atoms with van der Waals surface area (Å²) in [7, 11) is 0. The summed E-state index contributed by atoms with van der Waals surface area (Å²) in [5.41, 5.74) is 26.4. The van der Waals surface area contributed by atoms with E-state index in [1.807, 2.05) is 0 Å². The smallest absolute Gasteiger partial charge is 0.160 e. The predicted molar refractivity (Wildman–Crippen MR) is 469 cm³/mol. The average molecular weight is 1430 g/mol. The molecule has 22 aromatic rings. The minimum Gasteiger partial charge on any atom is -0.309 e. The van der Waals surface area contributed by atoms with Crippen molar-refractivity contribution in [1.29, 1.82) is 0 Å². The van der Waals surface area contributed by atoms with Gasteiger partial charge in [0.05, 0.1) is 44.5 Å². The Morgan fingerprint density at radius 3 is 0.857 bits per heavy atom. The fourth-order valence-corrected chi connectivity index (χ4v) is 16.5. The third-order valence-electron chi connectivity index (χ3n) is 22.2. The Morgan fingerprint density at radius 1 is 0.152 bits per heavy atom. The van der Waals surface area contributed by atoms with E-state index >= 15 is 0 Å². The van der Waals surface area contributed by atoms with Crippen LogP contribution >= 0.6 is 0 Å². The number of aromatic nitrogens is 6. The van der Waals surface area contributed by atoms with Crippen molar-refractivity contribution in [2.24, 2.45) is 0 Å². The topological polar surface area (TPSA) is 61.4 Å². The molecular weight excluding hydrogens is 1360 g/mol. The maximum atomic E-state index is 5.35. The molecule has 0 aliphatic carbocycles. The first-order chi connectivity index (χ1) is 55.5. The molecule has 0 spiro atoms. The van der Waals surface area contributed by atoms with Gasteiger partial charge in [0.15, 0.2) is 11.6 Å². The zero-order valence-electron chi connectivity index (χ0n) is 60.9. The van der Waals surface area contributed by atoms with Crippen LogP contribution in [0.4, 0.5) is 0 Å². The van der Waals surface area contributed by atoms with Gasteiger partial charge in [-0.05, 0) is 203 Å². The molecule has 0 bridgehead atoms. The van der Waals surface area contributed by atoms with Gasteiger partial charge in [0.1, 0.15) is 0 Å². The van der Waals surface area contributed by atoms with Crippen molar-refractivity contribution >= 4 is 97.7 Å². The first-order valence-electron chi connectivity index (χ1n) is 38.1. The Balaban J connectivity index is 0.000000142. The van der Waals surface area contributed by atoms with Crippen molar-refractivity contribution in [1.82, 2.24) is 29.1 Å². The van der Waals surface area contributed by atoms with E-state index in [0.717, 1.165) is 89.1 Å². The molecular formula is C106H68N6. The maximum Gasteiger partial charge on any atom is 0.160 e. The Hall–Kier alpha value is -15.0. The van der Waals surface area contributed by atoms with Crippen LogP contribution in [0.5, 0.6) is 0 Å². The van der Waals surface area contributed by atoms with Crippen LogP contribution in [-0.4, -0.2) is 29.1 Å². The zero-order chi connectivity index (χ0) is 74.0. The lowest BCUT2D eigenvalue weighted by Crippen LogP contribution is -1.97. The lowest BCUT2D eigenvalue weighted by atomic mass is 9.97. The minimum atomic E-state index is 0.698. The highest BCUT2D eigenvalue weighted by Gasteiger charge is 2.20. The van der Waals surface area contributed by atoms with E-state index in [1.165, 1.54) is 109 Å². The van der Waals surface area contributed by atoms with Crippen molar-refractivity contribution < 1.29 is 0 Å². The summed E-state index contributed by atoms with van der Waals surface area (Å²) in [6, 6.07) is 147. The van der Waals surface area contributed by atoms with Crippen LogP contribution in [0.3, 0.4) is 0 Å². The third-order valence-corrected chi connectivity index (χ3v) is 22.2. The van der Waals surface area contributed by atoms with Gasteiger partial charge in [-0.15, -0.1) is 0 Å². The molecule has 0 fully saturated rings. The van der Waals surface area contributed by atoms with Gasteiger partial charge >= 0.3 is 0 Å². The van der Waals surface area contributed by atoms with Crippen LogP contribution in [0, 0.1) is 0 Å². The predicted octanol–water partition coefficient (Wildman–Crippen LogP) is 27.9. The number of fused-ring (bicyclic) bond motifs is 11. The second kappa shape index (κ2) is 27.7. The summed E-state index contributed by atoms with van der Waals surface area (Å²) < 4.78 is 4.74. The molecule has 6 heteroatoms. The Morgan fingerprint density at radius 2 is 0.446 bits per heavy atom. The van der Waals surface area contributed by atoms with Crippen molar-refractivity contribution in [3.05, 3.63) is 413 Å². The normalized spacial score (nSPS) is 11.6. The van der Waals surface area contributed by atoms with Crippen LogP contribution in [0.2, 0.25) is 0 Å². The average Bonchev–Trinajstić information content (AvgIpc) is 1.58. The van der Waals surface area contributed by atoms with Crippen LogP contribution in [-0.2, 0) is 0 Å². The molecule has 0 saturated carbocycles. The molecule has 22 rings (SSSR count). The van der Waals surface area contributed by atoms with Gasteiger partial charge in [-0.3, -0.25) is 0 Å². The molecule has 18 aromatic carbocycles. The summed E-state index contributed by atoms with van der Waals surface area (Å²) in [4.78, 5) is 21.1. The first-order valence-corrected chi connectivity index (χ1v) is 38.1. The Labute approximate surface area is 647 Å². The minimum absolute atomic E-state index is 0.698. The second-order valence-corrected chi connectivity index (χ2v) is 28.9. The van der Waals surface area contributed by atoms with Crippen molar-refractivity contribution in [2.45, 2.75) is 0 Å². The SMILES string of the molecule is c1ccc(-c2ccc(-c3ccc4nc(-c5ccc(-n6c7ccccc7c7cc8ccccc8cc76)cc5)nc(-c5ccc(-c6ccccc6)cc5)c4c3)cc2)cc1.c1ccc(-c2ccc(-c3ccc4nc(-c5ccc(-n6c7ccccc7c7cc8ccccc8cc76)cc5)nc(-c5ccc6ccccc6c5)c4c3)cc2)cc1. The van der Waals surface area contributed by atoms with Crippen LogP contribution in [0.25, 0.3) is 210 Å². The molecule has 4 heterocycles. The van der Waals surface area contributed by atoms with E-state index in [-0.39, 0.29) is 0 Å². The van der Waals surface area contributed by atoms with Gasteiger partial charge in [0.2, 0.25) is 0 Å². The first kappa shape index (κ1) is 65.3. The number of hydrogen-bond donors (Lipinski definition) is 0. The number of nitrogens with zero attached hydrogens (tertiary/aromatic N) is 6. The quantitative estimate of drug-likeness (QED) is 0.129. The third kappa shape index (κ3) is 12.0. The summed E-state index contributed by atoms with van der Waals surface area (Å²) in [5, 5.41) is 14.4. The second-order valence-electron chi connectivity index (χ2n) is 28.9. The molecule has 0 atom stereocenters. The summed E-state index contributed by atoms with van der Waals surface area (Å²) in [6.07, 6.45) is 0. The molecule has 0 unspecified atom stereocenters. The molecule has 112 heavy (non-hydrogen) atoms.